The maximum absolute atomic E-state index is 12.2. The van der Waals surface area contributed by atoms with E-state index in [2.05, 4.69) is 34.0 Å². The molecule has 0 bridgehead atoms. The standard InChI is InChI=1S/C11H14F2INOS/c12-11(13)8(16)5-15-7-2-1-3-9-6(7)4-10(14)17-9/h4,7-8,11,15-16H,1-3,5H2. The number of alkyl halides is 2. The Labute approximate surface area is 117 Å². The zero-order valence-electron chi connectivity index (χ0n) is 9.13. The first-order chi connectivity index (χ1) is 8.08. The van der Waals surface area contributed by atoms with Gasteiger partial charge < -0.3 is 10.4 Å². The van der Waals surface area contributed by atoms with Gasteiger partial charge in [-0.1, -0.05) is 0 Å². The van der Waals surface area contributed by atoms with Crippen molar-refractivity contribution >= 4 is 33.9 Å². The summed E-state index contributed by atoms with van der Waals surface area (Å²) in [6, 6.07) is 2.23. The van der Waals surface area contributed by atoms with Crippen LogP contribution in [0.2, 0.25) is 0 Å². The smallest absolute Gasteiger partial charge is 0.265 e. The fraction of sp³-hybridized carbons (Fsp3) is 0.636. The second-order valence-corrected chi connectivity index (χ2v) is 7.21. The van der Waals surface area contributed by atoms with Gasteiger partial charge in [-0.15, -0.1) is 11.3 Å². The Morgan fingerprint density at radius 3 is 3.06 bits per heavy atom. The first kappa shape index (κ1) is 13.6. The first-order valence-electron chi connectivity index (χ1n) is 5.55. The summed E-state index contributed by atoms with van der Waals surface area (Å²) in [5.74, 6) is 0. The van der Waals surface area contributed by atoms with Crippen molar-refractivity contribution in [2.75, 3.05) is 6.54 Å². The van der Waals surface area contributed by atoms with Crippen molar-refractivity contribution in [3.05, 3.63) is 19.4 Å². The number of fused-ring (bicyclic) bond motifs is 1. The van der Waals surface area contributed by atoms with E-state index < -0.39 is 12.5 Å². The van der Waals surface area contributed by atoms with Gasteiger partial charge >= 0.3 is 0 Å². The lowest BCUT2D eigenvalue weighted by molar-refractivity contribution is -0.00489. The van der Waals surface area contributed by atoms with Crippen molar-refractivity contribution < 1.29 is 13.9 Å². The molecule has 2 rings (SSSR count). The average Bonchev–Trinajstić information content (AvgIpc) is 2.66. The van der Waals surface area contributed by atoms with Gasteiger partial charge in [-0.05, 0) is 53.5 Å². The molecule has 17 heavy (non-hydrogen) atoms. The molecule has 0 aliphatic heterocycles. The van der Waals surface area contributed by atoms with Crippen LogP contribution in [0.25, 0.3) is 0 Å². The topological polar surface area (TPSA) is 32.3 Å². The van der Waals surface area contributed by atoms with Gasteiger partial charge in [0, 0.05) is 17.5 Å². The lowest BCUT2D eigenvalue weighted by Crippen LogP contribution is -2.35. The number of aliphatic hydroxyl groups is 1. The Balaban J connectivity index is 1.99. The van der Waals surface area contributed by atoms with Crippen molar-refractivity contribution in [1.29, 1.82) is 0 Å². The van der Waals surface area contributed by atoms with Crippen LogP contribution in [-0.4, -0.2) is 24.2 Å². The summed E-state index contributed by atoms with van der Waals surface area (Å²) >= 11 is 4.06. The summed E-state index contributed by atoms with van der Waals surface area (Å²) in [6.07, 6.45) is -1.13. The number of rotatable bonds is 4. The van der Waals surface area contributed by atoms with Gasteiger partial charge in [0.1, 0.15) is 6.10 Å². The number of nitrogens with one attached hydrogen (secondary N) is 1. The van der Waals surface area contributed by atoms with E-state index in [-0.39, 0.29) is 12.6 Å². The largest absolute Gasteiger partial charge is 0.386 e. The number of hydrogen-bond acceptors (Lipinski definition) is 3. The van der Waals surface area contributed by atoms with Crippen molar-refractivity contribution in [3.8, 4) is 0 Å². The van der Waals surface area contributed by atoms with Crippen LogP contribution in [0.3, 0.4) is 0 Å². The summed E-state index contributed by atoms with van der Waals surface area (Å²) in [5.41, 5.74) is 1.23. The molecule has 0 saturated carbocycles. The summed E-state index contributed by atoms with van der Waals surface area (Å²) in [7, 11) is 0. The minimum Gasteiger partial charge on any atom is -0.386 e. The van der Waals surface area contributed by atoms with Crippen LogP contribution in [0.5, 0.6) is 0 Å². The van der Waals surface area contributed by atoms with Crippen molar-refractivity contribution in [2.45, 2.75) is 37.8 Å². The van der Waals surface area contributed by atoms with E-state index in [4.69, 9.17) is 5.11 Å². The van der Waals surface area contributed by atoms with Crippen LogP contribution in [0, 0.1) is 2.88 Å². The number of aryl methyl sites for hydroxylation is 1. The molecular weight excluding hydrogens is 359 g/mol. The third-order valence-corrected chi connectivity index (χ3v) is 4.92. The Morgan fingerprint density at radius 1 is 1.59 bits per heavy atom. The number of aliphatic hydroxyl groups excluding tert-OH is 1. The summed E-state index contributed by atoms with van der Waals surface area (Å²) < 4.78 is 25.6. The number of halogens is 3. The van der Waals surface area contributed by atoms with Gasteiger partial charge in [-0.2, -0.15) is 0 Å². The number of thiophene rings is 1. The van der Waals surface area contributed by atoms with E-state index in [1.165, 1.54) is 13.3 Å². The van der Waals surface area contributed by atoms with Crippen LogP contribution in [0.15, 0.2) is 6.07 Å². The predicted molar refractivity (Wildman–Crippen MR) is 72.7 cm³/mol. The SMILES string of the molecule is OC(CNC1CCCc2sc(I)cc21)C(F)F. The quantitative estimate of drug-likeness (QED) is 0.796. The molecule has 1 aliphatic rings. The molecule has 0 radical (unpaired) electrons. The third kappa shape index (κ3) is 3.36. The zero-order chi connectivity index (χ0) is 12.4. The minimum absolute atomic E-state index is 0.0474. The zero-order valence-corrected chi connectivity index (χ0v) is 12.1. The second kappa shape index (κ2) is 5.90. The number of hydrogen-bond donors (Lipinski definition) is 2. The van der Waals surface area contributed by atoms with E-state index in [0.29, 0.717) is 0 Å². The Hall–Kier alpha value is 0.210. The van der Waals surface area contributed by atoms with Crippen LogP contribution in [0.4, 0.5) is 8.78 Å². The highest BCUT2D eigenvalue weighted by Crippen LogP contribution is 2.36. The van der Waals surface area contributed by atoms with E-state index >= 15 is 0 Å². The van der Waals surface area contributed by atoms with E-state index in [9.17, 15) is 8.78 Å². The highest BCUT2D eigenvalue weighted by atomic mass is 127. The van der Waals surface area contributed by atoms with E-state index in [1.807, 2.05) is 0 Å². The molecule has 2 unspecified atom stereocenters. The molecule has 0 amide bonds. The van der Waals surface area contributed by atoms with Gasteiger partial charge in [0.2, 0.25) is 0 Å². The summed E-state index contributed by atoms with van der Waals surface area (Å²) in [6.45, 7) is -0.0474. The van der Waals surface area contributed by atoms with E-state index in [1.54, 1.807) is 11.3 Å². The highest BCUT2D eigenvalue weighted by Gasteiger charge is 2.24. The Bertz CT molecular complexity index is 386. The van der Waals surface area contributed by atoms with Gasteiger partial charge in [0.15, 0.2) is 0 Å². The molecule has 6 heteroatoms. The second-order valence-electron chi connectivity index (χ2n) is 4.18. The first-order valence-corrected chi connectivity index (χ1v) is 7.45. The fourth-order valence-corrected chi connectivity index (χ4v) is 4.21. The molecule has 0 fully saturated rings. The minimum atomic E-state index is -2.67. The fourth-order valence-electron chi connectivity index (χ4n) is 2.09. The maximum Gasteiger partial charge on any atom is 0.265 e. The van der Waals surface area contributed by atoms with Gasteiger partial charge in [0.25, 0.3) is 6.43 Å². The van der Waals surface area contributed by atoms with Gasteiger partial charge in [0.05, 0.1) is 2.88 Å². The molecule has 2 nitrogen and oxygen atoms in total. The van der Waals surface area contributed by atoms with Crippen LogP contribution in [0.1, 0.15) is 29.3 Å². The summed E-state index contributed by atoms with van der Waals surface area (Å²) in [4.78, 5) is 1.35. The van der Waals surface area contributed by atoms with Crippen molar-refractivity contribution in [2.24, 2.45) is 0 Å². The molecule has 1 aromatic heterocycles. The average molecular weight is 373 g/mol. The monoisotopic (exact) mass is 373 g/mol. The molecular formula is C11H14F2INOS. The Kier molecular flexibility index (Phi) is 4.73. The molecule has 0 spiro atoms. The molecule has 1 heterocycles. The third-order valence-electron chi connectivity index (χ3n) is 2.95. The van der Waals surface area contributed by atoms with E-state index in [0.717, 1.165) is 19.3 Å². The molecule has 2 atom stereocenters. The van der Waals surface area contributed by atoms with Crippen LogP contribution < -0.4 is 5.32 Å². The van der Waals surface area contributed by atoms with Gasteiger partial charge in [-0.25, -0.2) is 8.78 Å². The molecule has 1 aliphatic carbocycles. The Morgan fingerprint density at radius 2 is 2.35 bits per heavy atom. The van der Waals surface area contributed by atoms with Gasteiger partial charge in [-0.3, -0.25) is 0 Å². The molecule has 2 N–H and O–H groups in total. The van der Waals surface area contributed by atoms with Crippen molar-refractivity contribution in [1.82, 2.24) is 5.32 Å². The van der Waals surface area contributed by atoms with Crippen molar-refractivity contribution in [3.63, 3.8) is 0 Å². The maximum atomic E-state index is 12.2. The highest BCUT2D eigenvalue weighted by molar-refractivity contribution is 14.1. The predicted octanol–water partition coefficient (Wildman–Crippen LogP) is 2.95. The molecule has 96 valence electrons. The lowest BCUT2D eigenvalue weighted by Gasteiger charge is -2.24. The van der Waals surface area contributed by atoms with Crippen LogP contribution >= 0.6 is 33.9 Å². The molecule has 0 aromatic carbocycles. The lowest BCUT2D eigenvalue weighted by atomic mass is 9.94. The summed E-state index contributed by atoms with van der Waals surface area (Å²) in [5, 5.41) is 12.1. The normalized spacial score (nSPS) is 21.6. The van der Waals surface area contributed by atoms with Crippen LogP contribution in [-0.2, 0) is 6.42 Å². The molecule has 0 saturated heterocycles. The molecule has 1 aromatic rings.